The van der Waals surface area contributed by atoms with Crippen LogP contribution in [0.1, 0.15) is 297 Å². The number of rotatable bonds is 71. The van der Waals surface area contributed by atoms with Gasteiger partial charge in [0.1, 0.15) is 19.3 Å². The Morgan fingerprint density at radius 2 is 0.560 bits per heavy atom. The largest absolute Gasteiger partial charge is 0.472 e. The molecule has 0 bridgehead atoms. The zero-order valence-electron chi connectivity index (χ0n) is 62.3. The highest BCUT2D eigenvalue weighted by Crippen LogP contribution is 2.45. The lowest BCUT2D eigenvalue weighted by Gasteiger charge is -2.21. The fourth-order valence-corrected chi connectivity index (χ4v) is 11.5. The van der Waals surface area contributed by atoms with Crippen LogP contribution in [-0.2, 0) is 65.4 Å². The molecule has 5 unspecified atom stereocenters. The van der Waals surface area contributed by atoms with Crippen LogP contribution >= 0.6 is 15.6 Å². The lowest BCUT2D eigenvalue weighted by Crippen LogP contribution is -2.30. The number of aliphatic hydroxyl groups excluding tert-OH is 1. The summed E-state index contributed by atoms with van der Waals surface area (Å²) in [6.07, 6.45) is 80.4. The summed E-state index contributed by atoms with van der Waals surface area (Å²) in [6, 6.07) is 0. The third-order valence-corrected chi connectivity index (χ3v) is 17.6. The van der Waals surface area contributed by atoms with E-state index >= 15 is 0 Å². The van der Waals surface area contributed by atoms with Crippen molar-refractivity contribution in [2.24, 2.45) is 0 Å². The molecule has 0 aromatic carbocycles. The van der Waals surface area contributed by atoms with Crippen LogP contribution < -0.4 is 0 Å². The lowest BCUT2D eigenvalue weighted by molar-refractivity contribution is -0.161. The third kappa shape index (κ3) is 71.6. The summed E-state index contributed by atoms with van der Waals surface area (Å²) in [5, 5.41) is 10.6. The maximum atomic E-state index is 13.1. The smallest absolute Gasteiger partial charge is 0.462 e. The van der Waals surface area contributed by atoms with Gasteiger partial charge in [-0.05, 0) is 116 Å². The summed E-state index contributed by atoms with van der Waals surface area (Å²) in [4.78, 5) is 72.8. The number of ether oxygens (including phenoxy) is 4. The Balaban J connectivity index is 5.43. The lowest BCUT2D eigenvalue weighted by atomic mass is 10.0. The Bertz CT molecular complexity index is 2420. The van der Waals surface area contributed by atoms with Crippen LogP contribution in [0.25, 0.3) is 0 Å². The first-order valence-electron chi connectivity index (χ1n) is 38.4. The van der Waals surface area contributed by atoms with Crippen molar-refractivity contribution in [3.8, 4) is 0 Å². The molecule has 0 spiro atoms. The molecular weight excluding hydrogens is 1310 g/mol. The predicted molar refractivity (Wildman–Crippen MR) is 408 cm³/mol. The minimum absolute atomic E-state index is 0.0890. The number of esters is 4. The molecule has 0 aliphatic carbocycles. The highest BCUT2D eigenvalue weighted by atomic mass is 31.2. The van der Waals surface area contributed by atoms with Gasteiger partial charge >= 0.3 is 39.5 Å². The van der Waals surface area contributed by atoms with Crippen molar-refractivity contribution in [1.29, 1.82) is 0 Å². The number of aliphatic hydroxyl groups is 1. The molecule has 0 saturated carbocycles. The van der Waals surface area contributed by atoms with E-state index in [1.807, 2.05) is 12.2 Å². The Labute approximate surface area is 605 Å². The summed E-state index contributed by atoms with van der Waals surface area (Å²) < 4.78 is 68.3. The van der Waals surface area contributed by atoms with Crippen LogP contribution in [0.2, 0.25) is 0 Å². The molecule has 0 aliphatic rings. The standard InChI is InChI=1S/C81H136O17P2/c1-5-9-13-17-21-25-29-33-36-37-40-43-46-50-54-58-62-66-79(84)92-72-77(98-81(86)68-64-60-56-52-48-44-39-35-31-27-23-19-15-11-7-3)74-96-100(89,90)94-70-75(82)69-93-99(87,88)95-73-76(97-80(85)67-63-59-55-51-47-41-32-28-24-20-16-12-8-4)71-91-78(83)65-61-57-53-49-45-42-38-34-30-26-22-18-14-10-6-2/h9-11,13-15,21-23,25-27,33-36,38-39,48,52,60,64,75-77,82H,5-8,12,16-20,24,28-32,37,40-47,49-51,53-59,61-63,65-74H2,1-4H3,(H,87,88)(H,89,90)/b13-9-,14-10-,15-11-,25-21-,26-22-,27-23-,36-33-,38-34-,39-35-,52-48-,64-60-. The molecule has 0 heterocycles. The Morgan fingerprint density at radius 3 is 0.890 bits per heavy atom. The van der Waals surface area contributed by atoms with E-state index in [-0.39, 0.29) is 25.7 Å². The van der Waals surface area contributed by atoms with Crippen molar-refractivity contribution < 1.29 is 80.2 Å². The van der Waals surface area contributed by atoms with Gasteiger partial charge in [0.05, 0.1) is 32.8 Å². The number of hydrogen-bond acceptors (Lipinski definition) is 15. The average Bonchev–Trinajstić information content (AvgIpc) is 0.932. The van der Waals surface area contributed by atoms with Crippen LogP contribution in [0.15, 0.2) is 134 Å². The van der Waals surface area contributed by atoms with Gasteiger partial charge in [0, 0.05) is 19.3 Å². The first-order chi connectivity index (χ1) is 48.7. The maximum Gasteiger partial charge on any atom is 0.472 e. The molecule has 0 rings (SSSR count). The minimum Gasteiger partial charge on any atom is -0.462 e. The molecule has 3 N–H and O–H groups in total. The summed E-state index contributed by atoms with van der Waals surface area (Å²) in [7, 11) is -9.99. The Morgan fingerprint density at radius 1 is 0.300 bits per heavy atom. The number of unbranched alkanes of at least 4 members (excludes halogenated alkanes) is 24. The molecule has 0 radical (unpaired) electrons. The molecule has 17 nitrogen and oxygen atoms in total. The molecule has 100 heavy (non-hydrogen) atoms. The van der Waals surface area contributed by atoms with E-state index in [0.29, 0.717) is 25.7 Å². The van der Waals surface area contributed by atoms with Gasteiger partial charge in [-0.3, -0.25) is 37.3 Å². The zero-order valence-corrected chi connectivity index (χ0v) is 64.1. The second-order valence-electron chi connectivity index (χ2n) is 25.2. The number of phosphoric ester groups is 2. The molecule has 0 amide bonds. The first kappa shape index (κ1) is 95.2. The van der Waals surface area contributed by atoms with Gasteiger partial charge in [0.25, 0.3) is 0 Å². The first-order valence-corrected chi connectivity index (χ1v) is 41.4. The summed E-state index contributed by atoms with van der Waals surface area (Å²) in [5.74, 6) is -2.35. The number of phosphoric acid groups is 2. The molecule has 0 aromatic heterocycles. The highest BCUT2D eigenvalue weighted by Gasteiger charge is 2.30. The van der Waals surface area contributed by atoms with Crippen LogP contribution in [0, 0.1) is 0 Å². The van der Waals surface area contributed by atoms with Crippen LogP contribution in [0.4, 0.5) is 0 Å². The molecule has 572 valence electrons. The third-order valence-electron chi connectivity index (χ3n) is 15.7. The van der Waals surface area contributed by atoms with E-state index in [1.165, 1.54) is 51.4 Å². The fraction of sp³-hybridized carbons (Fsp3) is 0.679. The van der Waals surface area contributed by atoms with Crippen LogP contribution in [0.3, 0.4) is 0 Å². The van der Waals surface area contributed by atoms with Crippen molar-refractivity contribution in [2.45, 2.75) is 316 Å². The van der Waals surface area contributed by atoms with Crippen molar-refractivity contribution in [3.05, 3.63) is 134 Å². The van der Waals surface area contributed by atoms with Gasteiger partial charge in [0.15, 0.2) is 12.2 Å². The topological polar surface area (TPSA) is 237 Å². The zero-order chi connectivity index (χ0) is 73.2. The fourth-order valence-electron chi connectivity index (χ4n) is 9.91. The van der Waals surface area contributed by atoms with Gasteiger partial charge in [-0.25, -0.2) is 9.13 Å². The second-order valence-corrected chi connectivity index (χ2v) is 28.1. The number of hydrogen-bond donors (Lipinski definition) is 3. The van der Waals surface area contributed by atoms with E-state index < -0.39 is 97.5 Å². The normalized spacial score (nSPS) is 14.7. The molecular formula is C81H136O17P2. The summed E-state index contributed by atoms with van der Waals surface area (Å²) in [5.41, 5.74) is 0. The number of carbonyl (C=O) groups excluding carboxylic acids is 4. The van der Waals surface area contributed by atoms with Crippen molar-refractivity contribution in [3.63, 3.8) is 0 Å². The van der Waals surface area contributed by atoms with E-state index in [9.17, 15) is 43.2 Å². The number of allylic oxidation sites excluding steroid dienone is 21. The molecule has 0 saturated heterocycles. The van der Waals surface area contributed by atoms with Crippen molar-refractivity contribution in [1.82, 2.24) is 0 Å². The Kier molecular flexibility index (Phi) is 69.1. The molecule has 5 atom stereocenters. The monoisotopic (exact) mass is 1440 g/mol. The SMILES string of the molecule is CC/C=C\C/C=C\C/C=C\C/C=C\C/C=C\CC(=O)OC(COC(=O)CCCCCCCCC/C=C\C/C=C\C/C=C\CC)COP(=O)(O)OCC(O)COP(=O)(O)OCC(COC(=O)CCCCCCC/C=C\C/C=C\C/C=C\CC)OC(=O)CCCCCCCCCCCCCCC. The van der Waals surface area contributed by atoms with Gasteiger partial charge in [-0.2, -0.15) is 0 Å². The average molecular weight is 1440 g/mol. The van der Waals surface area contributed by atoms with Crippen LogP contribution in [0.5, 0.6) is 0 Å². The van der Waals surface area contributed by atoms with Crippen molar-refractivity contribution >= 4 is 39.5 Å². The van der Waals surface area contributed by atoms with E-state index in [1.54, 1.807) is 12.2 Å². The quantitative estimate of drug-likeness (QED) is 0.0169. The van der Waals surface area contributed by atoms with Gasteiger partial charge in [-0.15, -0.1) is 0 Å². The minimum atomic E-state index is -5.00. The van der Waals surface area contributed by atoms with Crippen molar-refractivity contribution in [2.75, 3.05) is 39.6 Å². The Hall–Kier alpha value is -4.80. The molecule has 0 fully saturated rings. The van der Waals surface area contributed by atoms with Gasteiger partial charge in [-0.1, -0.05) is 290 Å². The molecule has 0 aromatic rings. The van der Waals surface area contributed by atoms with E-state index in [4.69, 9.17) is 37.0 Å². The second kappa shape index (κ2) is 72.5. The highest BCUT2D eigenvalue weighted by molar-refractivity contribution is 7.47. The van der Waals surface area contributed by atoms with E-state index in [0.717, 1.165) is 167 Å². The summed E-state index contributed by atoms with van der Waals surface area (Å²) in [6.45, 7) is 4.40. The number of carbonyl (C=O) groups is 4. The van der Waals surface area contributed by atoms with Crippen LogP contribution in [-0.4, -0.2) is 96.7 Å². The summed E-state index contributed by atoms with van der Waals surface area (Å²) >= 11 is 0. The maximum absolute atomic E-state index is 13.1. The molecule has 19 heteroatoms. The molecule has 0 aliphatic heterocycles. The van der Waals surface area contributed by atoms with Gasteiger partial charge < -0.3 is 33.8 Å². The van der Waals surface area contributed by atoms with E-state index in [2.05, 4.69) is 137 Å². The van der Waals surface area contributed by atoms with Gasteiger partial charge in [0.2, 0.25) is 0 Å². The predicted octanol–water partition coefficient (Wildman–Crippen LogP) is 22.1.